The number of carbonyl (C=O) groups excluding carboxylic acids is 1. The van der Waals surface area contributed by atoms with Crippen molar-refractivity contribution in [3.05, 3.63) is 186 Å². The van der Waals surface area contributed by atoms with Crippen molar-refractivity contribution in [3.63, 3.8) is 0 Å². The highest BCUT2D eigenvalue weighted by Gasteiger charge is 2.39. The summed E-state index contributed by atoms with van der Waals surface area (Å²) in [5, 5.41) is 0.843. The molecule has 2 heterocycles. The van der Waals surface area contributed by atoms with Gasteiger partial charge in [-0.05, 0) is 40.5 Å². The predicted molar refractivity (Wildman–Crippen MR) is 178 cm³/mol. The smallest absolute Gasteiger partial charge is 0.189 e. The second kappa shape index (κ2) is 12.0. The maximum Gasteiger partial charge on any atom is 0.189 e. The topological polar surface area (TPSA) is 57.3 Å². The minimum atomic E-state index is -0.727. The summed E-state index contributed by atoms with van der Waals surface area (Å²) in [5.41, 5.74) is 6.48. The van der Waals surface area contributed by atoms with Crippen LogP contribution < -0.4 is 4.74 Å². The van der Waals surface area contributed by atoms with Crippen molar-refractivity contribution in [1.82, 2.24) is 9.55 Å². The van der Waals surface area contributed by atoms with Crippen LogP contribution in [0.1, 0.15) is 32.6 Å². The van der Waals surface area contributed by atoms with Gasteiger partial charge in [0, 0.05) is 17.0 Å². The number of ether oxygens (including phenoxy) is 1. The molecule has 0 fully saturated rings. The molecule has 7 aromatic rings. The molecule has 0 amide bonds. The number of imidazole rings is 1. The number of allylic oxidation sites excluding steroid dienone is 1. The molecule has 5 heteroatoms. The van der Waals surface area contributed by atoms with E-state index < -0.39 is 5.54 Å². The number of rotatable bonds is 9. The van der Waals surface area contributed by atoms with E-state index in [1.165, 1.54) is 0 Å². The molecule has 0 aliphatic carbocycles. The van der Waals surface area contributed by atoms with Crippen LogP contribution in [0.25, 0.3) is 28.3 Å². The lowest BCUT2D eigenvalue weighted by Crippen LogP contribution is -2.37. The predicted octanol–water partition coefficient (Wildman–Crippen LogP) is 9.04. The van der Waals surface area contributed by atoms with Gasteiger partial charge >= 0.3 is 0 Å². The fraction of sp³-hybridized carbons (Fsp3) is 0.0500. The normalized spacial score (nSPS) is 11.7. The fourth-order valence-corrected chi connectivity index (χ4v) is 6.20. The van der Waals surface area contributed by atoms with E-state index in [0.717, 1.165) is 38.9 Å². The van der Waals surface area contributed by atoms with Gasteiger partial charge in [0.2, 0.25) is 0 Å². The van der Waals surface area contributed by atoms with E-state index in [1.54, 1.807) is 31.6 Å². The summed E-state index contributed by atoms with van der Waals surface area (Å²) in [6, 6.07) is 45.0. The molecule has 5 nitrogen and oxygen atoms in total. The van der Waals surface area contributed by atoms with Crippen LogP contribution in [0.4, 0.5) is 0 Å². The zero-order valence-corrected chi connectivity index (χ0v) is 24.7. The molecule has 0 saturated heterocycles. The van der Waals surface area contributed by atoms with Crippen LogP contribution in [0.15, 0.2) is 163 Å². The van der Waals surface area contributed by atoms with E-state index in [0.29, 0.717) is 16.9 Å². The molecule has 218 valence electrons. The third-order valence-corrected chi connectivity index (χ3v) is 8.27. The molecule has 0 atom stereocenters. The van der Waals surface area contributed by atoms with Crippen LogP contribution in [0.5, 0.6) is 5.75 Å². The minimum absolute atomic E-state index is 0.162. The second-order valence-corrected chi connectivity index (χ2v) is 10.8. The third-order valence-electron chi connectivity index (χ3n) is 8.27. The summed E-state index contributed by atoms with van der Waals surface area (Å²) in [6.07, 6.45) is 8.87. The monoisotopic (exact) mass is 586 g/mol. The van der Waals surface area contributed by atoms with Gasteiger partial charge in [-0.15, -0.1) is 0 Å². The number of benzene rings is 5. The molecule has 0 aliphatic heterocycles. The summed E-state index contributed by atoms with van der Waals surface area (Å²) < 4.78 is 13.3. The van der Waals surface area contributed by atoms with E-state index in [4.69, 9.17) is 14.1 Å². The van der Waals surface area contributed by atoms with Gasteiger partial charge < -0.3 is 13.7 Å². The number of furan rings is 1. The van der Waals surface area contributed by atoms with Gasteiger partial charge in [0.1, 0.15) is 16.9 Å². The maximum absolute atomic E-state index is 13.5. The molecule has 0 radical (unpaired) electrons. The highest BCUT2D eigenvalue weighted by atomic mass is 16.5. The summed E-state index contributed by atoms with van der Waals surface area (Å²) >= 11 is 0. The average molecular weight is 587 g/mol. The Morgan fingerprint density at radius 2 is 1.38 bits per heavy atom. The summed E-state index contributed by atoms with van der Waals surface area (Å²) in [5.74, 6) is 0.308. The Morgan fingerprint density at radius 1 is 0.778 bits per heavy atom. The summed E-state index contributed by atoms with van der Waals surface area (Å²) in [7, 11) is 1.56. The molecule has 0 saturated carbocycles. The van der Waals surface area contributed by atoms with Crippen LogP contribution >= 0.6 is 0 Å². The van der Waals surface area contributed by atoms with Crippen LogP contribution in [-0.4, -0.2) is 22.4 Å². The number of carbonyl (C=O) groups is 1. The van der Waals surface area contributed by atoms with Crippen molar-refractivity contribution in [3.8, 4) is 17.0 Å². The molecule has 45 heavy (non-hydrogen) atoms. The number of methoxy groups -OCH3 is 1. The van der Waals surface area contributed by atoms with Crippen molar-refractivity contribution in [2.24, 2.45) is 0 Å². The Labute approximate surface area is 261 Å². The summed E-state index contributed by atoms with van der Waals surface area (Å²) in [6.45, 7) is 0. The van der Waals surface area contributed by atoms with Gasteiger partial charge in [0.15, 0.2) is 5.78 Å². The van der Waals surface area contributed by atoms with Crippen LogP contribution in [0, 0.1) is 0 Å². The van der Waals surface area contributed by atoms with E-state index in [9.17, 15) is 4.79 Å². The van der Waals surface area contributed by atoms with Crippen molar-refractivity contribution < 1.29 is 13.9 Å². The van der Waals surface area contributed by atoms with Gasteiger partial charge in [-0.2, -0.15) is 0 Å². The fourth-order valence-electron chi connectivity index (χ4n) is 6.20. The van der Waals surface area contributed by atoms with E-state index in [-0.39, 0.29) is 5.78 Å². The van der Waals surface area contributed by atoms with E-state index >= 15 is 0 Å². The highest BCUT2D eigenvalue weighted by molar-refractivity contribution is 6.10. The van der Waals surface area contributed by atoms with Crippen molar-refractivity contribution >= 4 is 22.8 Å². The number of nitrogens with zero attached hydrogens (tertiary/aromatic N) is 2. The summed E-state index contributed by atoms with van der Waals surface area (Å²) in [4.78, 5) is 18.2. The number of aromatic nitrogens is 2. The zero-order chi connectivity index (χ0) is 30.6. The van der Waals surface area contributed by atoms with Gasteiger partial charge in [-0.25, -0.2) is 4.98 Å². The number of hydrogen-bond donors (Lipinski definition) is 0. The lowest BCUT2D eigenvalue weighted by atomic mass is 9.76. The van der Waals surface area contributed by atoms with Gasteiger partial charge in [-0.1, -0.05) is 121 Å². The minimum Gasteiger partial charge on any atom is -0.496 e. The molecule has 0 unspecified atom stereocenters. The highest BCUT2D eigenvalue weighted by Crippen LogP contribution is 2.43. The molecule has 0 bridgehead atoms. The molecule has 5 aromatic carbocycles. The first kappa shape index (κ1) is 27.9. The molecule has 0 aliphatic rings. The van der Waals surface area contributed by atoms with Crippen molar-refractivity contribution in [2.75, 3.05) is 7.11 Å². The quantitative estimate of drug-likeness (QED) is 0.0962. The SMILES string of the molecule is COc1cc2occc2cc1C(=O)C=Cc1ccccc1-c1cncn1C(c1ccccc1)(c1ccccc1)c1ccccc1. The number of hydrogen-bond acceptors (Lipinski definition) is 4. The molecule has 0 N–H and O–H groups in total. The Balaban J connectivity index is 1.39. The first-order valence-electron chi connectivity index (χ1n) is 14.8. The van der Waals surface area contributed by atoms with Gasteiger partial charge in [-0.3, -0.25) is 4.79 Å². The lowest BCUT2D eigenvalue weighted by molar-refractivity contribution is 0.104. The Bertz CT molecular complexity index is 2010. The van der Waals surface area contributed by atoms with E-state index in [2.05, 4.69) is 83.4 Å². The standard InChI is InChI=1S/C40H30N2O3/c1-44-39-26-38-30(23-24-45-38)25-35(39)37(43)22-21-29-13-11-12-20-34(29)36-27-41-28-42(36)40(31-14-5-2-6-15-31,32-16-7-3-8-17-32)33-18-9-4-10-19-33/h2-28H,1H3. The van der Waals surface area contributed by atoms with Crippen LogP contribution in [-0.2, 0) is 5.54 Å². The molecular formula is C40H30N2O3. The first-order chi connectivity index (χ1) is 22.2. The average Bonchev–Trinajstić information content (AvgIpc) is 3.79. The largest absolute Gasteiger partial charge is 0.496 e. The van der Waals surface area contributed by atoms with Crippen molar-refractivity contribution in [1.29, 1.82) is 0 Å². The Kier molecular flexibility index (Phi) is 7.42. The van der Waals surface area contributed by atoms with Crippen LogP contribution in [0.2, 0.25) is 0 Å². The second-order valence-electron chi connectivity index (χ2n) is 10.8. The number of ketones is 1. The lowest BCUT2D eigenvalue weighted by Gasteiger charge is -2.38. The molecular weight excluding hydrogens is 556 g/mol. The maximum atomic E-state index is 13.5. The third kappa shape index (κ3) is 4.94. The molecule has 2 aromatic heterocycles. The van der Waals surface area contributed by atoms with Gasteiger partial charge in [0.05, 0.1) is 37.2 Å². The van der Waals surface area contributed by atoms with E-state index in [1.807, 2.05) is 61.1 Å². The van der Waals surface area contributed by atoms with Gasteiger partial charge in [0.25, 0.3) is 0 Å². The van der Waals surface area contributed by atoms with Crippen molar-refractivity contribution in [2.45, 2.75) is 5.54 Å². The van der Waals surface area contributed by atoms with Crippen LogP contribution in [0.3, 0.4) is 0 Å². The molecule has 7 rings (SSSR count). The Hall–Kier alpha value is -5.94. The number of fused-ring (bicyclic) bond motifs is 1. The Morgan fingerprint density at radius 3 is 2.00 bits per heavy atom. The molecule has 0 spiro atoms. The zero-order valence-electron chi connectivity index (χ0n) is 24.7. The first-order valence-corrected chi connectivity index (χ1v) is 14.8.